The first-order chi connectivity index (χ1) is 6.18. The van der Waals surface area contributed by atoms with E-state index in [1.54, 1.807) is 0 Å². The van der Waals surface area contributed by atoms with Crippen molar-refractivity contribution in [3.63, 3.8) is 0 Å². The summed E-state index contributed by atoms with van der Waals surface area (Å²) in [6.07, 6.45) is 0.445. The molecule has 3 atom stereocenters. The molecule has 1 saturated carbocycles. The third-order valence-electron chi connectivity index (χ3n) is 2.65. The van der Waals surface area contributed by atoms with Crippen LogP contribution in [0.1, 0.15) is 17.9 Å². The summed E-state index contributed by atoms with van der Waals surface area (Å²) in [5, 5.41) is 10.3. The standard InChI is InChI=1S/C10H12ClNO/c11-7-3-1-2-6(4-7)8-5-9(12)10(8)13/h1-4,8-10,13H,5,12H2/t8-,9-,10-/m0/s1. The molecular weight excluding hydrogens is 186 g/mol. The summed E-state index contributed by atoms with van der Waals surface area (Å²) in [4.78, 5) is 0. The van der Waals surface area contributed by atoms with Crippen molar-refractivity contribution >= 4 is 11.6 Å². The maximum atomic E-state index is 9.55. The molecule has 2 nitrogen and oxygen atoms in total. The zero-order valence-electron chi connectivity index (χ0n) is 7.15. The Kier molecular flexibility index (Phi) is 2.28. The van der Waals surface area contributed by atoms with Crippen LogP contribution in [0.2, 0.25) is 5.02 Å². The van der Waals surface area contributed by atoms with E-state index in [4.69, 9.17) is 17.3 Å². The Labute approximate surface area is 82.3 Å². The third-order valence-corrected chi connectivity index (χ3v) is 2.89. The first-order valence-corrected chi connectivity index (χ1v) is 4.75. The molecule has 0 bridgehead atoms. The molecule has 2 rings (SSSR count). The largest absolute Gasteiger partial charge is 0.391 e. The van der Waals surface area contributed by atoms with Crippen molar-refractivity contribution in [2.45, 2.75) is 24.5 Å². The summed E-state index contributed by atoms with van der Waals surface area (Å²) in [6, 6.07) is 7.53. The molecule has 0 aliphatic heterocycles. The lowest BCUT2D eigenvalue weighted by molar-refractivity contribution is 0.0414. The normalized spacial score (nSPS) is 32.7. The highest BCUT2D eigenvalue weighted by Gasteiger charge is 2.37. The SMILES string of the molecule is N[C@H]1C[C@@H](c2cccc(Cl)c2)[C@@H]1O. The van der Waals surface area contributed by atoms with Gasteiger partial charge in [0.15, 0.2) is 0 Å². The van der Waals surface area contributed by atoms with E-state index in [-0.39, 0.29) is 12.0 Å². The average molecular weight is 198 g/mol. The number of aliphatic hydroxyl groups is 1. The first-order valence-electron chi connectivity index (χ1n) is 4.37. The van der Waals surface area contributed by atoms with Gasteiger partial charge in [0, 0.05) is 17.0 Å². The van der Waals surface area contributed by atoms with Crippen LogP contribution in [0.4, 0.5) is 0 Å². The summed E-state index contributed by atoms with van der Waals surface area (Å²) >= 11 is 5.84. The Morgan fingerprint density at radius 3 is 2.77 bits per heavy atom. The summed E-state index contributed by atoms with van der Waals surface area (Å²) in [6.45, 7) is 0. The van der Waals surface area contributed by atoms with Gasteiger partial charge in [-0.25, -0.2) is 0 Å². The van der Waals surface area contributed by atoms with E-state index in [0.29, 0.717) is 5.02 Å². The van der Waals surface area contributed by atoms with Gasteiger partial charge in [-0.3, -0.25) is 0 Å². The molecule has 0 amide bonds. The Hall–Kier alpha value is -0.570. The first kappa shape index (κ1) is 9.00. The fourth-order valence-corrected chi connectivity index (χ4v) is 1.94. The topological polar surface area (TPSA) is 46.2 Å². The van der Waals surface area contributed by atoms with Crippen LogP contribution in [0.5, 0.6) is 0 Å². The van der Waals surface area contributed by atoms with Crippen LogP contribution < -0.4 is 5.73 Å². The van der Waals surface area contributed by atoms with Gasteiger partial charge in [-0.1, -0.05) is 23.7 Å². The zero-order valence-corrected chi connectivity index (χ0v) is 7.91. The number of rotatable bonds is 1. The molecule has 3 heteroatoms. The van der Waals surface area contributed by atoms with Gasteiger partial charge in [0.25, 0.3) is 0 Å². The molecule has 0 aromatic heterocycles. The zero-order chi connectivity index (χ0) is 9.42. The van der Waals surface area contributed by atoms with E-state index in [1.165, 1.54) is 0 Å². The molecule has 3 N–H and O–H groups in total. The number of benzene rings is 1. The maximum absolute atomic E-state index is 9.55. The summed E-state index contributed by atoms with van der Waals surface area (Å²) in [5.74, 6) is 0.175. The Bertz CT molecular complexity index is 316. The van der Waals surface area contributed by atoms with Crippen molar-refractivity contribution in [1.82, 2.24) is 0 Å². The van der Waals surface area contributed by atoms with Gasteiger partial charge in [0.2, 0.25) is 0 Å². The second-order valence-electron chi connectivity index (χ2n) is 3.55. The second kappa shape index (κ2) is 3.29. The van der Waals surface area contributed by atoms with E-state index in [0.717, 1.165) is 12.0 Å². The quantitative estimate of drug-likeness (QED) is 0.717. The number of hydrogen-bond acceptors (Lipinski definition) is 2. The highest BCUT2D eigenvalue weighted by Crippen LogP contribution is 2.36. The molecule has 0 heterocycles. The lowest BCUT2D eigenvalue weighted by atomic mass is 9.73. The van der Waals surface area contributed by atoms with Gasteiger partial charge in [0.1, 0.15) is 0 Å². The van der Waals surface area contributed by atoms with Crippen molar-refractivity contribution in [3.8, 4) is 0 Å². The maximum Gasteiger partial charge on any atom is 0.0760 e. The molecule has 0 spiro atoms. The van der Waals surface area contributed by atoms with Crippen LogP contribution in [0.3, 0.4) is 0 Å². The van der Waals surface area contributed by atoms with Crippen molar-refractivity contribution < 1.29 is 5.11 Å². The number of hydrogen-bond donors (Lipinski definition) is 2. The van der Waals surface area contributed by atoms with Crippen LogP contribution in [-0.4, -0.2) is 17.3 Å². The van der Waals surface area contributed by atoms with Gasteiger partial charge in [-0.05, 0) is 24.1 Å². The van der Waals surface area contributed by atoms with Gasteiger partial charge in [0.05, 0.1) is 6.10 Å². The van der Waals surface area contributed by atoms with Crippen molar-refractivity contribution in [1.29, 1.82) is 0 Å². The lowest BCUT2D eigenvalue weighted by Crippen LogP contribution is -2.50. The molecule has 1 aliphatic carbocycles. The molecule has 13 heavy (non-hydrogen) atoms. The van der Waals surface area contributed by atoms with Crippen LogP contribution in [0.25, 0.3) is 0 Å². The number of halogens is 1. The molecular formula is C10H12ClNO. The van der Waals surface area contributed by atoms with Gasteiger partial charge in [-0.2, -0.15) is 0 Å². The van der Waals surface area contributed by atoms with Gasteiger partial charge in [-0.15, -0.1) is 0 Å². The summed E-state index contributed by atoms with van der Waals surface area (Å²) in [5.41, 5.74) is 6.69. The minimum Gasteiger partial charge on any atom is -0.391 e. The molecule has 1 aromatic carbocycles. The molecule has 1 fully saturated rings. The van der Waals surface area contributed by atoms with E-state index in [2.05, 4.69) is 0 Å². The van der Waals surface area contributed by atoms with Crippen LogP contribution >= 0.6 is 11.6 Å². The van der Waals surface area contributed by atoms with E-state index in [1.807, 2.05) is 24.3 Å². The molecule has 1 aliphatic rings. The van der Waals surface area contributed by atoms with Crippen LogP contribution in [0.15, 0.2) is 24.3 Å². The Morgan fingerprint density at radius 1 is 1.46 bits per heavy atom. The average Bonchev–Trinajstić information content (AvgIpc) is 2.13. The monoisotopic (exact) mass is 197 g/mol. The van der Waals surface area contributed by atoms with Crippen LogP contribution in [0, 0.1) is 0 Å². The van der Waals surface area contributed by atoms with Gasteiger partial charge < -0.3 is 10.8 Å². The van der Waals surface area contributed by atoms with E-state index in [9.17, 15) is 5.11 Å². The minimum absolute atomic E-state index is 0.0658. The summed E-state index contributed by atoms with van der Waals surface area (Å²) < 4.78 is 0. The minimum atomic E-state index is -0.404. The molecule has 0 radical (unpaired) electrons. The summed E-state index contributed by atoms with van der Waals surface area (Å²) in [7, 11) is 0. The lowest BCUT2D eigenvalue weighted by Gasteiger charge is -2.39. The van der Waals surface area contributed by atoms with Crippen molar-refractivity contribution in [3.05, 3.63) is 34.9 Å². The predicted molar refractivity (Wildman–Crippen MR) is 52.8 cm³/mol. The fraction of sp³-hybridized carbons (Fsp3) is 0.400. The van der Waals surface area contributed by atoms with Gasteiger partial charge >= 0.3 is 0 Å². The van der Waals surface area contributed by atoms with Crippen molar-refractivity contribution in [2.75, 3.05) is 0 Å². The third kappa shape index (κ3) is 1.57. The molecule has 0 saturated heterocycles. The second-order valence-corrected chi connectivity index (χ2v) is 3.99. The predicted octanol–water partition coefficient (Wildman–Crippen LogP) is 1.52. The number of aliphatic hydroxyl groups excluding tert-OH is 1. The highest BCUT2D eigenvalue weighted by atomic mass is 35.5. The highest BCUT2D eigenvalue weighted by molar-refractivity contribution is 6.30. The smallest absolute Gasteiger partial charge is 0.0760 e. The Morgan fingerprint density at radius 2 is 2.23 bits per heavy atom. The Balaban J connectivity index is 2.18. The van der Waals surface area contributed by atoms with E-state index >= 15 is 0 Å². The molecule has 0 unspecified atom stereocenters. The fourth-order valence-electron chi connectivity index (χ4n) is 1.75. The van der Waals surface area contributed by atoms with E-state index < -0.39 is 6.10 Å². The van der Waals surface area contributed by atoms with Crippen LogP contribution in [-0.2, 0) is 0 Å². The molecule has 70 valence electrons. The number of nitrogens with two attached hydrogens (primary N) is 1. The van der Waals surface area contributed by atoms with Crippen molar-refractivity contribution in [2.24, 2.45) is 5.73 Å². The molecule has 1 aromatic rings.